The van der Waals surface area contributed by atoms with Crippen LogP contribution in [0.4, 0.5) is 11.4 Å². The first kappa shape index (κ1) is 20.5. The van der Waals surface area contributed by atoms with Gasteiger partial charge in [-0.25, -0.2) is 5.06 Å². The fourth-order valence-corrected chi connectivity index (χ4v) is 4.81. The number of hydroxylamine groups is 1. The monoisotopic (exact) mass is 448 g/mol. The number of ether oxygens (including phenoxy) is 1. The van der Waals surface area contributed by atoms with Crippen LogP contribution in [0.2, 0.25) is 5.02 Å². The minimum atomic E-state index is -1.58. The molecule has 1 fully saturated rings. The van der Waals surface area contributed by atoms with Crippen molar-refractivity contribution in [2.75, 3.05) is 17.0 Å². The zero-order valence-corrected chi connectivity index (χ0v) is 18.1. The SMILES string of the molecule is CCOC(=O)[C@H]1[C@H](c2cccc(Cl)c2)N(c2ccccc2)OC12C(=O)Nc1ccccc12. The topological polar surface area (TPSA) is 67.9 Å². The maximum absolute atomic E-state index is 13.5. The lowest BCUT2D eigenvalue weighted by Crippen LogP contribution is -2.45. The fraction of sp³-hybridized carbons (Fsp3) is 0.200. The molecule has 1 unspecified atom stereocenters. The number of halogens is 1. The molecular weight excluding hydrogens is 428 g/mol. The summed E-state index contributed by atoms with van der Waals surface area (Å²) in [6.07, 6.45) is 0. The molecule has 2 heterocycles. The number of para-hydroxylation sites is 2. The predicted molar refractivity (Wildman–Crippen MR) is 121 cm³/mol. The van der Waals surface area contributed by atoms with Crippen LogP contribution in [-0.2, 0) is 24.8 Å². The van der Waals surface area contributed by atoms with E-state index in [0.717, 1.165) is 5.56 Å². The third-order valence-corrected chi connectivity index (χ3v) is 6.14. The molecule has 5 rings (SSSR count). The second-order valence-corrected chi connectivity index (χ2v) is 8.15. The second kappa shape index (κ2) is 7.97. The molecule has 1 amide bonds. The summed E-state index contributed by atoms with van der Waals surface area (Å²) in [5, 5.41) is 5.05. The van der Waals surface area contributed by atoms with E-state index in [9.17, 15) is 9.59 Å². The number of carbonyl (C=O) groups excluding carboxylic acids is 2. The minimum absolute atomic E-state index is 0.183. The number of fused-ring (bicyclic) bond motifs is 2. The molecule has 2 aliphatic rings. The Bertz CT molecular complexity index is 1190. The van der Waals surface area contributed by atoms with Gasteiger partial charge in [0, 0.05) is 16.3 Å². The van der Waals surface area contributed by atoms with E-state index in [1.54, 1.807) is 30.2 Å². The Morgan fingerprint density at radius 2 is 1.84 bits per heavy atom. The summed E-state index contributed by atoms with van der Waals surface area (Å²) in [6, 6.07) is 23.2. The van der Waals surface area contributed by atoms with Gasteiger partial charge in [-0.2, -0.15) is 0 Å². The third kappa shape index (κ3) is 3.06. The van der Waals surface area contributed by atoms with Crippen LogP contribution in [0.15, 0.2) is 78.9 Å². The number of esters is 1. The molecule has 0 aliphatic carbocycles. The molecular formula is C25H21ClN2O4. The van der Waals surface area contributed by atoms with Crippen molar-refractivity contribution in [3.05, 3.63) is 95.0 Å². The number of benzene rings is 3. The summed E-state index contributed by atoms with van der Waals surface area (Å²) in [7, 11) is 0. The van der Waals surface area contributed by atoms with Gasteiger partial charge in [-0.15, -0.1) is 0 Å². The van der Waals surface area contributed by atoms with Crippen molar-refractivity contribution in [2.24, 2.45) is 5.92 Å². The van der Waals surface area contributed by atoms with E-state index in [-0.39, 0.29) is 6.61 Å². The molecule has 0 bridgehead atoms. The molecule has 3 aromatic rings. The van der Waals surface area contributed by atoms with Gasteiger partial charge in [-0.1, -0.05) is 60.1 Å². The Morgan fingerprint density at radius 1 is 1.09 bits per heavy atom. The van der Waals surface area contributed by atoms with Gasteiger partial charge in [0.1, 0.15) is 5.92 Å². The van der Waals surface area contributed by atoms with Crippen LogP contribution in [0.25, 0.3) is 0 Å². The highest BCUT2D eigenvalue weighted by Crippen LogP contribution is 2.57. The summed E-state index contributed by atoms with van der Waals surface area (Å²) < 4.78 is 5.48. The maximum Gasteiger partial charge on any atom is 0.315 e. The molecule has 162 valence electrons. The first-order valence-corrected chi connectivity index (χ1v) is 10.8. The number of amides is 1. The molecule has 0 aromatic heterocycles. The van der Waals surface area contributed by atoms with Gasteiger partial charge in [-0.3, -0.25) is 14.4 Å². The van der Waals surface area contributed by atoms with Crippen LogP contribution >= 0.6 is 11.6 Å². The van der Waals surface area contributed by atoms with E-state index in [0.29, 0.717) is 22.0 Å². The number of carbonyl (C=O) groups is 2. The Morgan fingerprint density at radius 3 is 2.59 bits per heavy atom. The number of hydrogen-bond donors (Lipinski definition) is 1. The standard InChI is InChI=1S/C25H21ClN2O4/c1-2-31-23(29)21-22(16-9-8-10-17(26)15-16)28(18-11-4-3-5-12-18)32-25(21)19-13-6-7-14-20(19)27-24(25)30/h3-15,21-22H,2H2,1H3,(H,27,30)/t21-,22+,25?/m1/s1. The van der Waals surface area contributed by atoms with Crippen LogP contribution in [0.1, 0.15) is 24.1 Å². The molecule has 7 heteroatoms. The molecule has 1 saturated heterocycles. The van der Waals surface area contributed by atoms with Gasteiger partial charge in [-0.05, 0) is 42.8 Å². The van der Waals surface area contributed by atoms with E-state index in [1.807, 2.05) is 60.7 Å². The van der Waals surface area contributed by atoms with Gasteiger partial charge in [0.25, 0.3) is 5.91 Å². The molecule has 0 radical (unpaired) electrons. The Balaban J connectivity index is 1.77. The van der Waals surface area contributed by atoms with Crippen molar-refractivity contribution in [1.29, 1.82) is 0 Å². The predicted octanol–water partition coefficient (Wildman–Crippen LogP) is 4.86. The summed E-state index contributed by atoms with van der Waals surface area (Å²) in [6.45, 7) is 1.93. The lowest BCUT2D eigenvalue weighted by molar-refractivity contribution is -0.161. The van der Waals surface area contributed by atoms with E-state index >= 15 is 0 Å². The Labute approximate surface area is 190 Å². The highest BCUT2D eigenvalue weighted by molar-refractivity contribution is 6.30. The van der Waals surface area contributed by atoms with Crippen molar-refractivity contribution in [3.8, 4) is 0 Å². The smallest absolute Gasteiger partial charge is 0.315 e. The lowest BCUT2D eigenvalue weighted by Gasteiger charge is -2.27. The minimum Gasteiger partial charge on any atom is -0.466 e. The van der Waals surface area contributed by atoms with E-state index in [2.05, 4.69) is 5.32 Å². The number of nitrogens with zero attached hydrogens (tertiary/aromatic N) is 1. The van der Waals surface area contributed by atoms with Gasteiger partial charge in [0.05, 0.1) is 18.3 Å². The van der Waals surface area contributed by atoms with Crippen molar-refractivity contribution in [1.82, 2.24) is 0 Å². The van der Waals surface area contributed by atoms with Crippen LogP contribution in [0.3, 0.4) is 0 Å². The fourth-order valence-electron chi connectivity index (χ4n) is 4.61. The molecule has 0 saturated carbocycles. The molecule has 3 atom stereocenters. The average molecular weight is 449 g/mol. The van der Waals surface area contributed by atoms with Gasteiger partial charge >= 0.3 is 5.97 Å². The summed E-state index contributed by atoms with van der Waals surface area (Å²) in [5.41, 5.74) is 1.10. The van der Waals surface area contributed by atoms with Crippen molar-refractivity contribution in [2.45, 2.75) is 18.6 Å². The van der Waals surface area contributed by atoms with Crippen LogP contribution in [0, 0.1) is 5.92 Å². The lowest BCUT2D eigenvalue weighted by atomic mass is 9.76. The van der Waals surface area contributed by atoms with Gasteiger partial charge in [0.2, 0.25) is 5.60 Å². The van der Waals surface area contributed by atoms with Crippen LogP contribution in [-0.4, -0.2) is 18.5 Å². The summed E-state index contributed by atoms with van der Waals surface area (Å²) in [4.78, 5) is 33.5. The van der Waals surface area contributed by atoms with Gasteiger partial charge in [0.15, 0.2) is 0 Å². The zero-order chi connectivity index (χ0) is 22.3. The highest BCUT2D eigenvalue weighted by atomic mass is 35.5. The average Bonchev–Trinajstić information content (AvgIpc) is 3.31. The van der Waals surface area contributed by atoms with Crippen molar-refractivity contribution < 1.29 is 19.2 Å². The largest absolute Gasteiger partial charge is 0.466 e. The normalized spacial score (nSPS) is 23.8. The first-order valence-electron chi connectivity index (χ1n) is 10.4. The molecule has 1 spiro atoms. The van der Waals surface area contributed by atoms with E-state index in [1.165, 1.54) is 0 Å². The van der Waals surface area contributed by atoms with Gasteiger partial charge < -0.3 is 10.1 Å². The van der Waals surface area contributed by atoms with Crippen LogP contribution in [0.5, 0.6) is 0 Å². The number of nitrogens with one attached hydrogen (secondary N) is 1. The maximum atomic E-state index is 13.5. The van der Waals surface area contributed by atoms with E-state index < -0.39 is 29.4 Å². The second-order valence-electron chi connectivity index (χ2n) is 7.72. The molecule has 3 aromatic carbocycles. The Hall–Kier alpha value is -3.35. The summed E-state index contributed by atoms with van der Waals surface area (Å²) in [5.74, 6) is -1.88. The highest BCUT2D eigenvalue weighted by Gasteiger charge is 2.67. The Kier molecular flexibility index (Phi) is 5.12. The quantitative estimate of drug-likeness (QED) is 0.577. The first-order chi connectivity index (χ1) is 15.6. The number of rotatable bonds is 4. The molecule has 6 nitrogen and oxygen atoms in total. The zero-order valence-electron chi connectivity index (χ0n) is 17.3. The third-order valence-electron chi connectivity index (χ3n) is 5.90. The molecule has 2 aliphatic heterocycles. The summed E-state index contributed by atoms with van der Waals surface area (Å²) >= 11 is 6.31. The number of hydrogen-bond acceptors (Lipinski definition) is 5. The van der Waals surface area contributed by atoms with Crippen molar-refractivity contribution >= 4 is 34.9 Å². The van der Waals surface area contributed by atoms with Crippen molar-refractivity contribution in [3.63, 3.8) is 0 Å². The molecule has 32 heavy (non-hydrogen) atoms. The van der Waals surface area contributed by atoms with Crippen LogP contribution < -0.4 is 10.4 Å². The molecule has 1 N–H and O–H groups in total. The van der Waals surface area contributed by atoms with E-state index in [4.69, 9.17) is 21.2 Å². The number of anilines is 2.